The van der Waals surface area contributed by atoms with Gasteiger partial charge in [0.15, 0.2) is 0 Å². The number of esters is 1. The van der Waals surface area contributed by atoms with Gasteiger partial charge in [0.2, 0.25) is 0 Å². The molecule has 0 bridgehead atoms. The summed E-state index contributed by atoms with van der Waals surface area (Å²) >= 11 is 5.81. The summed E-state index contributed by atoms with van der Waals surface area (Å²) in [5.41, 5.74) is 0.683. The number of ether oxygens (including phenoxy) is 1. The van der Waals surface area contributed by atoms with E-state index in [0.29, 0.717) is 30.4 Å². The highest BCUT2D eigenvalue weighted by atomic mass is 35.5. The maximum absolute atomic E-state index is 12.2. The van der Waals surface area contributed by atoms with Crippen LogP contribution in [-0.2, 0) is 9.53 Å². The number of nitrogens with one attached hydrogen (secondary N) is 1. The maximum atomic E-state index is 12.2. The lowest BCUT2D eigenvalue weighted by atomic mass is 9.98. The summed E-state index contributed by atoms with van der Waals surface area (Å²) in [6.07, 6.45) is 1.57. The molecule has 0 spiro atoms. The molecule has 21 heavy (non-hydrogen) atoms. The lowest BCUT2D eigenvalue weighted by Crippen LogP contribution is -2.44. The van der Waals surface area contributed by atoms with Crippen LogP contribution < -0.4 is 5.32 Å². The van der Waals surface area contributed by atoms with Gasteiger partial charge in [-0.15, -0.1) is 0 Å². The predicted molar refractivity (Wildman–Crippen MR) is 81.4 cm³/mol. The van der Waals surface area contributed by atoms with Gasteiger partial charge in [0, 0.05) is 23.8 Å². The van der Waals surface area contributed by atoms with Crippen molar-refractivity contribution in [2.45, 2.75) is 19.8 Å². The van der Waals surface area contributed by atoms with Crippen LogP contribution in [0.3, 0.4) is 0 Å². The third-order valence-corrected chi connectivity index (χ3v) is 3.68. The van der Waals surface area contributed by atoms with Crippen molar-refractivity contribution in [2.75, 3.05) is 25.0 Å². The molecule has 1 saturated heterocycles. The molecule has 1 aliphatic rings. The van der Waals surface area contributed by atoms with Crippen LogP contribution in [0.4, 0.5) is 10.5 Å². The summed E-state index contributed by atoms with van der Waals surface area (Å²) in [5, 5.41) is 3.43. The van der Waals surface area contributed by atoms with Gasteiger partial charge in [-0.2, -0.15) is 0 Å². The molecule has 1 N–H and O–H groups in total. The first-order valence-electron chi connectivity index (χ1n) is 7.08. The average Bonchev–Trinajstić information content (AvgIpc) is 2.50. The molecule has 0 aliphatic carbocycles. The Morgan fingerprint density at radius 2 is 2.10 bits per heavy atom. The lowest BCUT2D eigenvalue weighted by Gasteiger charge is -2.31. The zero-order valence-corrected chi connectivity index (χ0v) is 12.7. The third-order valence-electron chi connectivity index (χ3n) is 3.42. The molecule has 6 heteroatoms. The first-order valence-corrected chi connectivity index (χ1v) is 7.46. The molecule has 2 amide bonds. The molecule has 1 heterocycles. The molecule has 1 aromatic rings. The van der Waals surface area contributed by atoms with Gasteiger partial charge in [0.05, 0.1) is 12.5 Å². The second kappa shape index (κ2) is 7.31. The predicted octanol–water partition coefficient (Wildman–Crippen LogP) is 3.15. The molecule has 0 saturated carbocycles. The fraction of sp³-hybridized carbons (Fsp3) is 0.467. The van der Waals surface area contributed by atoms with E-state index in [0.717, 1.165) is 12.8 Å². The van der Waals surface area contributed by atoms with E-state index in [1.54, 1.807) is 36.1 Å². The minimum Gasteiger partial charge on any atom is -0.466 e. The van der Waals surface area contributed by atoms with E-state index < -0.39 is 0 Å². The normalized spacial score (nSPS) is 18.2. The standard InChI is InChI=1S/C15H19ClN2O3/c1-2-21-14(19)11-4-3-9-18(10-11)15(20)17-13-7-5-12(16)6-8-13/h5-8,11H,2-4,9-10H2,1H3,(H,17,20). The first kappa shape index (κ1) is 15.6. The van der Waals surface area contributed by atoms with Gasteiger partial charge in [0.25, 0.3) is 0 Å². The molecule has 1 fully saturated rings. The largest absolute Gasteiger partial charge is 0.466 e. The SMILES string of the molecule is CCOC(=O)C1CCCN(C(=O)Nc2ccc(Cl)cc2)C1. The molecule has 0 radical (unpaired) electrons. The smallest absolute Gasteiger partial charge is 0.321 e. The molecule has 1 unspecified atom stereocenters. The van der Waals surface area contributed by atoms with Crippen molar-refractivity contribution in [3.63, 3.8) is 0 Å². The summed E-state index contributed by atoms with van der Waals surface area (Å²) in [6.45, 7) is 3.20. The summed E-state index contributed by atoms with van der Waals surface area (Å²) in [7, 11) is 0. The van der Waals surface area contributed by atoms with Crippen LogP contribution in [0.15, 0.2) is 24.3 Å². The molecule has 114 valence electrons. The molecule has 5 nitrogen and oxygen atoms in total. The van der Waals surface area contributed by atoms with Gasteiger partial charge in [-0.25, -0.2) is 4.79 Å². The number of amides is 2. The van der Waals surface area contributed by atoms with Crippen LogP contribution in [0.2, 0.25) is 5.02 Å². The number of nitrogens with zero attached hydrogens (tertiary/aromatic N) is 1. The number of piperidine rings is 1. The monoisotopic (exact) mass is 310 g/mol. The zero-order chi connectivity index (χ0) is 15.2. The van der Waals surface area contributed by atoms with Gasteiger partial charge >= 0.3 is 12.0 Å². The number of carbonyl (C=O) groups is 2. The van der Waals surface area contributed by atoms with E-state index >= 15 is 0 Å². The molecule has 1 aromatic carbocycles. The number of benzene rings is 1. The third kappa shape index (κ3) is 4.36. The Hall–Kier alpha value is -1.75. The van der Waals surface area contributed by atoms with Crippen LogP contribution >= 0.6 is 11.6 Å². The number of likely N-dealkylation sites (tertiary alicyclic amines) is 1. The maximum Gasteiger partial charge on any atom is 0.321 e. The highest BCUT2D eigenvalue weighted by Gasteiger charge is 2.29. The molecular weight excluding hydrogens is 292 g/mol. The first-order chi connectivity index (χ1) is 10.1. The Labute approximate surface area is 129 Å². The number of carbonyl (C=O) groups excluding carboxylic acids is 2. The van der Waals surface area contributed by atoms with Crippen molar-refractivity contribution in [3.8, 4) is 0 Å². The highest BCUT2D eigenvalue weighted by Crippen LogP contribution is 2.19. The van der Waals surface area contributed by atoms with E-state index in [1.807, 2.05) is 0 Å². The molecule has 2 rings (SSSR count). The Bertz CT molecular complexity index is 504. The quantitative estimate of drug-likeness (QED) is 0.873. The van der Waals surface area contributed by atoms with E-state index in [9.17, 15) is 9.59 Å². The summed E-state index contributed by atoms with van der Waals surface area (Å²) in [6, 6.07) is 6.72. The van der Waals surface area contributed by atoms with Gasteiger partial charge in [-0.3, -0.25) is 4.79 Å². The van der Waals surface area contributed by atoms with Crippen molar-refractivity contribution in [1.82, 2.24) is 4.90 Å². The Kier molecular flexibility index (Phi) is 5.44. The highest BCUT2D eigenvalue weighted by molar-refractivity contribution is 6.30. The number of hydrogen-bond acceptors (Lipinski definition) is 3. The number of hydrogen-bond donors (Lipinski definition) is 1. The Morgan fingerprint density at radius 3 is 2.76 bits per heavy atom. The van der Waals surface area contributed by atoms with Crippen molar-refractivity contribution in [3.05, 3.63) is 29.3 Å². The topological polar surface area (TPSA) is 58.6 Å². The number of halogens is 1. The fourth-order valence-electron chi connectivity index (χ4n) is 2.35. The van der Waals surface area contributed by atoms with E-state index in [1.165, 1.54) is 0 Å². The Morgan fingerprint density at radius 1 is 1.38 bits per heavy atom. The van der Waals surface area contributed by atoms with Crippen molar-refractivity contribution >= 4 is 29.3 Å². The van der Waals surface area contributed by atoms with Gasteiger partial charge in [0.1, 0.15) is 0 Å². The Balaban J connectivity index is 1.92. The second-order valence-electron chi connectivity index (χ2n) is 4.97. The van der Waals surface area contributed by atoms with Crippen LogP contribution in [0.5, 0.6) is 0 Å². The van der Waals surface area contributed by atoms with Crippen LogP contribution in [-0.4, -0.2) is 36.6 Å². The molecule has 1 aliphatic heterocycles. The van der Waals surface area contributed by atoms with Crippen molar-refractivity contribution in [2.24, 2.45) is 5.92 Å². The van der Waals surface area contributed by atoms with Crippen molar-refractivity contribution < 1.29 is 14.3 Å². The molecule has 0 aromatic heterocycles. The fourth-order valence-corrected chi connectivity index (χ4v) is 2.48. The van der Waals surface area contributed by atoms with Crippen LogP contribution in [0.1, 0.15) is 19.8 Å². The number of urea groups is 1. The minimum atomic E-state index is -0.227. The molecule has 1 atom stereocenters. The zero-order valence-electron chi connectivity index (χ0n) is 12.0. The summed E-state index contributed by atoms with van der Waals surface area (Å²) < 4.78 is 5.03. The van der Waals surface area contributed by atoms with Gasteiger partial charge in [-0.1, -0.05) is 11.6 Å². The van der Waals surface area contributed by atoms with Crippen molar-refractivity contribution in [1.29, 1.82) is 0 Å². The van der Waals surface area contributed by atoms with Crippen LogP contribution in [0.25, 0.3) is 0 Å². The van der Waals surface area contributed by atoms with E-state index in [4.69, 9.17) is 16.3 Å². The minimum absolute atomic E-state index is 0.202. The van der Waals surface area contributed by atoms with E-state index in [-0.39, 0.29) is 17.9 Å². The number of rotatable bonds is 3. The van der Waals surface area contributed by atoms with E-state index in [2.05, 4.69) is 5.32 Å². The summed E-state index contributed by atoms with van der Waals surface area (Å²) in [4.78, 5) is 25.6. The average molecular weight is 311 g/mol. The van der Waals surface area contributed by atoms with Crippen LogP contribution in [0, 0.1) is 5.92 Å². The second-order valence-corrected chi connectivity index (χ2v) is 5.41. The van der Waals surface area contributed by atoms with Gasteiger partial charge < -0.3 is 15.0 Å². The molecular formula is C15H19ClN2O3. The summed E-state index contributed by atoms with van der Waals surface area (Å²) in [5.74, 6) is -0.448. The number of anilines is 1. The lowest BCUT2D eigenvalue weighted by molar-refractivity contribution is -0.149. The van der Waals surface area contributed by atoms with Gasteiger partial charge in [-0.05, 0) is 44.0 Å².